The van der Waals surface area contributed by atoms with Crippen LogP contribution in [0.15, 0.2) is 24.5 Å². The first-order valence-electron chi connectivity index (χ1n) is 9.48. The maximum atomic E-state index is 12.6. The Bertz CT molecular complexity index is 805. The van der Waals surface area contributed by atoms with Crippen LogP contribution in [0.5, 0.6) is 11.5 Å². The fourth-order valence-corrected chi connectivity index (χ4v) is 2.94. The second-order valence-electron chi connectivity index (χ2n) is 6.28. The van der Waals surface area contributed by atoms with Gasteiger partial charge in [-0.2, -0.15) is 0 Å². The monoisotopic (exact) mass is 386 g/mol. The summed E-state index contributed by atoms with van der Waals surface area (Å²) in [7, 11) is 0. The Balaban J connectivity index is 1.93. The maximum Gasteiger partial charge on any atom is 0.275 e. The number of benzene rings is 1. The van der Waals surface area contributed by atoms with Gasteiger partial charge in [-0.1, -0.05) is 0 Å². The molecule has 0 spiro atoms. The summed E-state index contributed by atoms with van der Waals surface area (Å²) in [6.07, 6.45) is 3.02. The normalized spacial score (nSPS) is 13.9. The molecule has 1 amide bonds. The van der Waals surface area contributed by atoms with E-state index in [2.05, 4.69) is 20.2 Å². The fraction of sp³-hybridized carbons (Fsp3) is 0.450. The molecule has 0 saturated carbocycles. The van der Waals surface area contributed by atoms with Crippen molar-refractivity contribution in [1.29, 1.82) is 0 Å². The highest BCUT2D eigenvalue weighted by molar-refractivity contribution is 6.03. The molecule has 1 aliphatic heterocycles. The summed E-state index contributed by atoms with van der Waals surface area (Å²) in [5.74, 6) is 0.925. The summed E-state index contributed by atoms with van der Waals surface area (Å²) in [5.41, 5.74) is 2.46. The van der Waals surface area contributed by atoms with Crippen LogP contribution in [0.2, 0.25) is 0 Å². The highest BCUT2D eigenvalue weighted by Crippen LogP contribution is 2.39. The van der Waals surface area contributed by atoms with E-state index in [9.17, 15) is 4.79 Å². The minimum Gasteiger partial charge on any atom is -0.492 e. The standard InChI is InChI=1S/C20H26N4O4/c1-4-27-18-11-17(24-6-8-26-9-7-24)19(28-5-2)10-15(18)23-20(25)16-13-21-14(3)12-22-16/h10-13H,4-9H2,1-3H3,(H,23,25). The van der Waals surface area contributed by atoms with Gasteiger partial charge in [0.1, 0.15) is 17.2 Å². The van der Waals surface area contributed by atoms with Gasteiger partial charge in [0, 0.05) is 31.4 Å². The molecule has 0 atom stereocenters. The van der Waals surface area contributed by atoms with E-state index in [-0.39, 0.29) is 11.6 Å². The number of nitrogens with one attached hydrogen (secondary N) is 1. The minimum absolute atomic E-state index is 0.239. The number of ether oxygens (including phenoxy) is 3. The van der Waals surface area contributed by atoms with Crippen molar-refractivity contribution in [3.8, 4) is 11.5 Å². The number of hydrogen-bond acceptors (Lipinski definition) is 7. The number of aromatic nitrogens is 2. The van der Waals surface area contributed by atoms with Gasteiger partial charge < -0.3 is 24.4 Å². The van der Waals surface area contributed by atoms with Gasteiger partial charge >= 0.3 is 0 Å². The van der Waals surface area contributed by atoms with Crippen LogP contribution in [0.25, 0.3) is 0 Å². The van der Waals surface area contributed by atoms with Crippen LogP contribution in [0, 0.1) is 6.92 Å². The van der Waals surface area contributed by atoms with Crippen molar-refractivity contribution in [1.82, 2.24) is 9.97 Å². The van der Waals surface area contributed by atoms with Crippen LogP contribution in [-0.2, 0) is 4.74 Å². The van der Waals surface area contributed by atoms with Gasteiger partial charge in [-0.05, 0) is 20.8 Å². The van der Waals surface area contributed by atoms with Crippen molar-refractivity contribution < 1.29 is 19.0 Å². The third-order valence-electron chi connectivity index (χ3n) is 4.27. The average Bonchev–Trinajstić information content (AvgIpc) is 2.71. The van der Waals surface area contributed by atoms with Crippen molar-refractivity contribution in [2.75, 3.05) is 49.7 Å². The molecule has 28 heavy (non-hydrogen) atoms. The van der Waals surface area contributed by atoms with Crippen molar-refractivity contribution in [2.24, 2.45) is 0 Å². The van der Waals surface area contributed by atoms with Gasteiger partial charge in [0.25, 0.3) is 5.91 Å². The number of hydrogen-bond donors (Lipinski definition) is 1. The van der Waals surface area contributed by atoms with E-state index < -0.39 is 0 Å². The van der Waals surface area contributed by atoms with Gasteiger partial charge in [0.05, 0.1) is 49.7 Å². The molecule has 150 valence electrons. The highest BCUT2D eigenvalue weighted by atomic mass is 16.5. The molecule has 1 aromatic heterocycles. The topological polar surface area (TPSA) is 85.8 Å². The van der Waals surface area contributed by atoms with Crippen LogP contribution >= 0.6 is 0 Å². The first-order valence-corrected chi connectivity index (χ1v) is 9.48. The van der Waals surface area contributed by atoms with Crippen LogP contribution in [0.1, 0.15) is 30.0 Å². The van der Waals surface area contributed by atoms with Gasteiger partial charge in [-0.15, -0.1) is 0 Å². The lowest BCUT2D eigenvalue weighted by atomic mass is 10.2. The number of rotatable bonds is 7. The average molecular weight is 386 g/mol. The number of morpholine rings is 1. The summed E-state index contributed by atoms with van der Waals surface area (Å²) in [4.78, 5) is 23.1. The predicted molar refractivity (Wildman–Crippen MR) is 107 cm³/mol. The van der Waals surface area contributed by atoms with Crippen molar-refractivity contribution >= 4 is 17.3 Å². The molecular formula is C20H26N4O4. The second kappa shape index (κ2) is 9.36. The van der Waals surface area contributed by atoms with E-state index >= 15 is 0 Å². The lowest BCUT2D eigenvalue weighted by molar-refractivity contribution is 0.102. The zero-order valence-corrected chi connectivity index (χ0v) is 16.5. The Morgan fingerprint density at radius 2 is 1.82 bits per heavy atom. The number of carbonyl (C=O) groups is 1. The molecule has 0 bridgehead atoms. The lowest BCUT2D eigenvalue weighted by Crippen LogP contribution is -2.36. The zero-order chi connectivity index (χ0) is 19.9. The molecular weight excluding hydrogens is 360 g/mol. The minimum atomic E-state index is -0.352. The molecule has 3 rings (SSSR count). The molecule has 0 aliphatic carbocycles. The Morgan fingerprint density at radius 3 is 2.46 bits per heavy atom. The molecule has 1 aliphatic rings. The largest absolute Gasteiger partial charge is 0.492 e. The third-order valence-corrected chi connectivity index (χ3v) is 4.27. The zero-order valence-electron chi connectivity index (χ0n) is 16.5. The SMILES string of the molecule is CCOc1cc(N2CCOCC2)c(OCC)cc1NC(=O)c1cnc(C)cn1. The molecule has 8 heteroatoms. The van der Waals surface area contributed by atoms with E-state index in [1.165, 1.54) is 6.20 Å². The summed E-state index contributed by atoms with van der Waals surface area (Å²) >= 11 is 0. The third kappa shape index (κ3) is 4.69. The molecule has 1 N–H and O–H groups in total. The second-order valence-corrected chi connectivity index (χ2v) is 6.28. The van der Waals surface area contributed by atoms with Crippen molar-refractivity contribution in [3.05, 3.63) is 35.9 Å². The van der Waals surface area contributed by atoms with Crippen LogP contribution < -0.4 is 19.7 Å². The van der Waals surface area contributed by atoms with Gasteiger partial charge in [-0.25, -0.2) is 4.98 Å². The maximum absolute atomic E-state index is 12.6. The number of amides is 1. The van der Waals surface area contributed by atoms with E-state index in [0.717, 1.165) is 24.5 Å². The summed E-state index contributed by atoms with van der Waals surface area (Å²) in [6.45, 7) is 9.53. The molecule has 1 saturated heterocycles. The first-order chi connectivity index (χ1) is 13.6. The number of carbonyl (C=O) groups excluding carboxylic acids is 1. The molecule has 1 aromatic carbocycles. The Hall–Kier alpha value is -2.87. The van der Waals surface area contributed by atoms with Crippen LogP contribution in [0.3, 0.4) is 0 Å². The Kier molecular flexibility index (Phi) is 6.65. The van der Waals surface area contributed by atoms with Crippen LogP contribution in [0.4, 0.5) is 11.4 Å². The Labute approximate surface area is 164 Å². The van der Waals surface area contributed by atoms with E-state index in [1.807, 2.05) is 26.8 Å². The number of anilines is 2. The molecule has 0 unspecified atom stereocenters. The summed E-state index contributed by atoms with van der Waals surface area (Å²) in [5, 5.41) is 2.87. The van der Waals surface area contributed by atoms with Gasteiger partial charge in [-0.3, -0.25) is 9.78 Å². The summed E-state index contributed by atoms with van der Waals surface area (Å²) < 4.78 is 17.1. The number of aryl methyl sites for hydroxylation is 1. The molecule has 8 nitrogen and oxygen atoms in total. The predicted octanol–water partition coefficient (Wildman–Crippen LogP) is 2.67. The highest BCUT2D eigenvalue weighted by Gasteiger charge is 2.21. The van der Waals surface area contributed by atoms with E-state index in [0.29, 0.717) is 43.6 Å². The van der Waals surface area contributed by atoms with Crippen LogP contribution in [-0.4, -0.2) is 55.4 Å². The van der Waals surface area contributed by atoms with E-state index in [1.54, 1.807) is 12.3 Å². The van der Waals surface area contributed by atoms with Gasteiger partial charge in [0.15, 0.2) is 0 Å². The number of nitrogens with zero attached hydrogens (tertiary/aromatic N) is 3. The molecule has 2 aromatic rings. The lowest BCUT2D eigenvalue weighted by Gasteiger charge is -2.31. The molecule has 1 fully saturated rings. The quantitative estimate of drug-likeness (QED) is 0.783. The van der Waals surface area contributed by atoms with Crippen molar-refractivity contribution in [2.45, 2.75) is 20.8 Å². The molecule has 0 radical (unpaired) electrons. The molecule has 2 heterocycles. The van der Waals surface area contributed by atoms with Crippen molar-refractivity contribution in [3.63, 3.8) is 0 Å². The van der Waals surface area contributed by atoms with E-state index in [4.69, 9.17) is 14.2 Å². The first kappa shape index (κ1) is 19.9. The smallest absolute Gasteiger partial charge is 0.275 e. The Morgan fingerprint density at radius 1 is 1.11 bits per heavy atom. The van der Waals surface area contributed by atoms with Gasteiger partial charge in [0.2, 0.25) is 0 Å². The fourth-order valence-electron chi connectivity index (χ4n) is 2.94. The summed E-state index contributed by atoms with van der Waals surface area (Å²) in [6, 6.07) is 3.72.